The zero-order valence-corrected chi connectivity index (χ0v) is 17.9. The SMILES string of the molecule is CCCCc1ccc(N2C(=O)/C(=C/c3ccc(OC)cc3OC)SC2=S)cc1. The van der Waals surface area contributed by atoms with Crippen LogP contribution in [0.2, 0.25) is 0 Å². The molecule has 6 heteroatoms. The molecule has 1 aliphatic heterocycles. The van der Waals surface area contributed by atoms with Crippen molar-refractivity contribution >= 4 is 46.0 Å². The maximum absolute atomic E-state index is 13.0. The van der Waals surface area contributed by atoms with Gasteiger partial charge in [-0.1, -0.05) is 49.5 Å². The van der Waals surface area contributed by atoms with Crippen molar-refractivity contribution in [2.24, 2.45) is 0 Å². The zero-order chi connectivity index (χ0) is 20.1. The summed E-state index contributed by atoms with van der Waals surface area (Å²) in [5, 5.41) is 0. The molecule has 28 heavy (non-hydrogen) atoms. The Morgan fingerprint density at radius 3 is 2.50 bits per heavy atom. The van der Waals surface area contributed by atoms with Gasteiger partial charge < -0.3 is 9.47 Å². The maximum Gasteiger partial charge on any atom is 0.270 e. The molecule has 0 unspecified atom stereocenters. The second kappa shape index (κ2) is 9.26. The number of benzene rings is 2. The van der Waals surface area contributed by atoms with Crippen molar-refractivity contribution in [2.45, 2.75) is 26.2 Å². The molecule has 2 aromatic rings. The van der Waals surface area contributed by atoms with E-state index in [-0.39, 0.29) is 5.91 Å². The quantitative estimate of drug-likeness (QED) is 0.446. The van der Waals surface area contributed by atoms with Crippen molar-refractivity contribution in [3.8, 4) is 11.5 Å². The van der Waals surface area contributed by atoms with E-state index in [0.29, 0.717) is 20.7 Å². The molecule has 0 radical (unpaired) electrons. The Bertz CT molecular complexity index is 906. The highest BCUT2D eigenvalue weighted by Crippen LogP contribution is 2.37. The van der Waals surface area contributed by atoms with Gasteiger partial charge >= 0.3 is 0 Å². The van der Waals surface area contributed by atoms with Gasteiger partial charge in [0, 0.05) is 11.6 Å². The van der Waals surface area contributed by atoms with Crippen LogP contribution in [-0.4, -0.2) is 24.4 Å². The second-order valence-electron chi connectivity index (χ2n) is 6.40. The number of hydrogen-bond donors (Lipinski definition) is 0. The lowest BCUT2D eigenvalue weighted by molar-refractivity contribution is -0.113. The van der Waals surface area contributed by atoms with E-state index in [0.717, 1.165) is 30.5 Å². The topological polar surface area (TPSA) is 38.8 Å². The van der Waals surface area contributed by atoms with Gasteiger partial charge in [-0.25, -0.2) is 0 Å². The third kappa shape index (κ3) is 4.39. The Hall–Kier alpha value is -2.31. The monoisotopic (exact) mass is 413 g/mol. The van der Waals surface area contributed by atoms with E-state index in [1.165, 1.54) is 17.3 Å². The molecule has 1 aliphatic rings. The van der Waals surface area contributed by atoms with Gasteiger partial charge in [0.2, 0.25) is 0 Å². The van der Waals surface area contributed by atoms with E-state index in [2.05, 4.69) is 19.1 Å². The molecule has 4 nitrogen and oxygen atoms in total. The third-order valence-corrected chi connectivity index (χ3v) is 5.84. The smallest absolute Gasteiger partial charge is 0.270 e. The van der Waals surface area contributed by atoms with Crippen molar-refractivity contribution < 1.29 is 14.3 Å². The van der Waals surface area contributed by atoms with Gasteiger partial charge in [-0.05, 0) is 48.7 Å². The number of carbonyl (C=O) groups is 1. The van der Waals surface area contributed by atoms with Crippen LogP contribution in [0.25, 0.3) is 6.08 Å². The highest BCUT2D eigenvalue weighted by molar-refractivity contribution is 8.27. The molecule has 0 bridgehead atoms. The van der Waals surface area contributed by atoms with Crippen LogP contribution in [0, 0.1) is 0 Å². The Balaban J connectivity index is 1.84. The van der Waals surface area contributed by atoms with Gasteiger partial charge in [0.05, 0.1) is 24.8 Å². The molecule has 1 fully saturated rings. The minimum absolute atomic E-state index is 0.117. The van der Waals surface area contributed by atoms with Crippen molar-refractivity contribution in [2.75, 3.05) is 19.1 Å². The largest absolute Gasteiger partial charge is 0.497 e. The lowest BCUT2D eigenvalue weighted by Gasteiger charge is -2.15. The number of aryl methyl sites for hydroxylation is 1. The zero-order valence-electron chi connectivity index (χ0n) is 16.2. The van der Waals surface area contributed by atoms with Crippen LogP contribution in [0.5, 0.6) is 11.5 Å². The van der Waals surface area contributed by atoms with E-state index in [4.69, 9.17) is 21.7 Å². The van der Waals surface area contributed by atoms with E-state index >= 15 is 0 Å². The second-order valence-corrected chi connectivity index (χ2v) is 8.07. The van der Waals surface area contributed by atoms with E-state index in [9.17, 15) is 4.79 Å². The fraction of sp³-hybridized carbons (Fsp3) is 0.273. The number of hydrogen-bond acceptors (Lipinski definition) is 5. The summed E-state index contributed by atoms with van der Waals surface area (Å²) in [4.78, 5) is 15.1. The van der Waals surface area contributed by atoms with Gasteiger partial charge in [-0.2, -0.15) is 0 Å². The Morgan fingerprint density at radius 1 is 1.11 bits per heavy atom. The normalized spacial score (nSPS) is 15.4. The molecule has 0 atom stereocenters. The lowest BCUT2D eigenvalue weighted by Crippen LogP contribution is -2.27. The molecule has 0 N–H and O–H groups in total. The molecular weight excluding hydrogens is 390 g/mol. The predicted molar refractivity (Wildman–Crippen MR) is 120 cm³/mol. The van der Waals surface area contributed by atoms with Crippen molar-refractivity contribution in [1.82, 2.24) is 0 Å². The number of methoxy groups -OCH3 is 2. The van der Waals surface area contributed by atoms with Crippen LogP contribution >= 0.6 is 24.0 Å². The average molecular weight is 414 g/mol. The first-order valence-corrected chi connectivity index (χ1v) is 10.4. The highest BCUT2D eigenvalue weighted by atomic mass is 32.2. The summed E-state index contributed by atoms with van der Waals surface area (Å²) in [6.07, 6.45) is 5.18. The Labute approximate surface area is 175 Å². The standard InChI is InChI=1S/C22H23NO3S2/c1-4-5-6-15-7-10-17(11-8-15)23-21(24)20(28-22(23)27)13-16-9-12-18(25-2)14-19(16)26-3/h7-14H,4-6H2,1-3H3/b20-13-. The van der Waals surface area contributed by atoms with Crippen LogP contribution in [0.3, 0.4) is 0 Å². The van der Waals surface area contributed by atoms with Gasteiger partial charge in [0.25, 0.3) is 5.91 Å². The van der Waals surface area contributed by atoms with Gasteiger partial charge in [0.15, 0.2) is 4.32 Å². The van der Waals surface area contributed by atoms with Crippen LogP contribution in [0.15, 0.2) is 47.4 Å². The molecule has 0 aliphatic carbocycles. The summed E-state index contributed by atoms with van der Waals surface area (Å²) in [5.41, 5.74) is 2.88. The first kappa shape index (κ1) is 20.4. The number of thiocarbonyl (C=S) groups is 1. The lowest BCUT2D eigenvalue weighted by atomic mass is 10.1. The highest BCUT2D eigenvalue weighted by Gasteiger charge is 2.33. The number of thioether (sulfide) groups is 1. The molecule has 1 amide bonds. The molecule has 0 aromatic heterocycles. The van der Waals surface area contributed by atoms with Crippen molar-refractivity contribution in [3.63, 3.8) is 0 Å². The minimum Gasteiger partial charge on any atom is -0.497 e. The number of nitrogens with zero attached hydrogens (tertiary/aromatic N) is 1. The number of carbonyl (C=O) groups excluding carboxylic acids is 1. The molecule has 0 spiro atoms. The summed E-state index contributed by atoms with van der Waals surface area (Å²) in [6, 6.07) is 13.6. The molecule has 2 aromatic carbocycles. The summed E-state index contributed by atoms with van der Waals surface area (Å²) in [7, 11) is 3.20. The molecule has 1 heterocycles. The minimum atomic E-state index is -0.117. The fourth-order valence-corrected chi connectivity index (χ4v) is 4.25. The number of anilines is 1. The first-order chi connectivity index (χ1) is 13.6. The number of unbranched alkanes of at least 4 members (excludes halogenated alkanes) is 1. The van der Waals surface area contributed by atoms with E-state index in [1.54, 1.807) is 25.2 Å². The Morgan fingerprint density at radius 2 is 1.86 bits per heavy atom. The summed E-state index contributed by atoms with van der Waals surface area (Å²) in [6.45, 7) is 2.18. The molecule has 0 saturated carbocycles. The molecular formula is C22H23NO3S2. The first-order valence-electron chi connectivity index (χ1n) is 9.16. The molecule has 146 valence electrons. The van der Waals surface area contributed by atoms with Crippen LogP contribution in [0.1, 0.15) is 30.9 Å². The van der Waals surface area contributed by atoms with E-state index in [1.807, 2.05) is 30.3 Å². The number of ether oxygens (including phenoxy) is 2. The summed E-state index contributed by atoms with van der Waals surface area (Å²) < 4.78 is 11.2. The predicted octanol–water partition coefficient (Wildman–Crippen LogP) is 5.45. The summed E-state index contributed by atoms with van der Waals surface area (Å²) in [5.74, 6) is 1.23. The number of amides is 1. The maximum atomic E-state index is 13.0. The van der Waals surface area contributed by atoms with Crippen molar-refractivity contribution in [1.29, 1.82) is 0 Å². The molecule has 1 saturated heterocycles. The van der Waals surface area contributed by atoms with E-state index < -0.39 is 0 Å². The van der Waals surface area contributed by atoms with Crippen molar-refractivity contribution in [3.05, 3.63) is 58.5 Å². The Kier molecular flexibility index (Phi) is 6.75. The summed E-state index contributed by atoms with van der Waals surface area (Å²) >= 11 is 6.77. The van der Waals surface area contributed by atoms with Crippen LogP contribution in [0.4, 0.5) is 5.69 Å². The van der Waals surface area contributed by atoms with Gasteiger partial charge in [-0.15, -0.1) is 0 Å². The molecule has 3 rings (SSSR count). The van der Waals surface area contributed by atoms with Gasteiger partial charge in [0.1, 0.15) is 11.5 Å². The third-order valence-electron chi connectivity index (χ3n) is 4.53. The van der Waals surface area contributed by atoms with Crippen LogP contribution in [-0.2, 0) is 11.2 Å². The van der Waals surface area contributed by atoms with Gasteiger partial charge in [-0.3, -0.25) is 9.69 Å². The fourth-order valence-electron chi connectivity index (χ4n) is 2.96. The van der Waals surface area contributed by atoms with Crippen LogP contribution < -0.4 is 14.4 Å². The average Bonchev–Trinajstić information content (AvgIpc) is 3.00. The number of rotatable bonds is 7.